The van der Waals surface area contributed by atoms with Gasteiger partial charge in [-0.2, -0.15) is 26.3 Å². The van der Waals surface area contributed by atoms with Gasteiger partial charge in [-0.05, 0) is 36.8 Å². The van der Waals surface area contributed by atoms with E-state index in [1.165, 1.54) is 18.2 Å². The Morgan fingerprint density at radius 1 is 0.966 bits per heavy atom. The monoisotopic (exact) mass is 461 g/mol. The summed E-state index contributed by atoms with van der Waals surface area (Å²) < 4.78 is 103. The number of nitrogens with zero attached hydrogens (tertiary/aromatic N) is 1. The first-order valence-corrected chi connectivity index (χ1v) is 9.63. The second-order valence-corrected chi connectivity index (χ2v) is 8.41. The number of alkyl halides is 6. The minimum Gasteiger partial charge on any atom is -0.376 e. The summed E-state index contributed by atoms with van der Waals surface area (Å²) in [5.41, 5.74) is -4.50. The van der Waals surface area contributed by atoms with Crippen molar-refractivity contribution in [3.05, 3.63) is 59.1 Å². The van der Waals surface area contributed by atoms with Crippen LogP contribution in [0.3, 0.4) is 0 Å². The summed E-state index contributed by atoms with van der Waals surface area (Å²) in [6.45, 7) is -1.47. The molecule has 0 aliphatic carbocycles. The molecule has 0 aromatic heterocycles. The van der Waals surface area contributed by atoms with E-state index in [1.807, 2.05) is 0 Å². The molecule has 1 N–H and O–H groups in total. The summed E-state index contributed by atoms with van der Waals surface area (Å²) in [5.74, 6) is 0. The van der Waals surface area contributed by atoms with E-state index in [4.69, 9.17) is 11.6 Å². The molecule has 0 saturated carbocycles. The first kappa shape index (κ1) is 23.3. The van der Waals surface area contributed by atoms with Crippen molar-refractivity contribution < 1.29 is 39.9 Å². The van der Waals surface area contributed by atoms with E-state index >= 15 is 0 Å². The van der Waals surface area contributed by atoms with Gasteiger partial charge >= 0.3 is 12.4 Å². The molecule has 0 saturated heterocycles. The molecule has 0 radical (unpaired) electrons. The highest BCUT2D eigenvalue weighted by Gasteiger charge is 2.51. The minimum absolute atomic E-state index is 0.0136. The fourth-order valence-electron chi connectivity index (χ4n) is 2.37. The molecule has 29 heavy (non-hydrogen) atoms. The van der Waals surface area contributed by atoms with Crippen LogP contribution in [0, 0.1) is 0 Å². The van der Waals surface area contributed by atoms with Crippen LogP contribution >= 0.6 is 11.6 Å². The molecule has 1 unspecified atom stereocenters. The van der Waals surface area contributed by atoms with E-state index < -0.39 is 50.7 Å². The number of hydrogen-bond donors (Lipinski definition) is 1. The summed E-state index contributed by atoms with van der Waals surface area (Å²) in [6, 6.07) is 7.71. The molecule has 0 amide bonds. The van der Waals surface area contributed by atoms with Gasteiger partial charge in [-0.3, -0.25) is 4.31 Å². The van der Waals surface area contributed by atoms with E-state index in [0.717, 1.165) is 18.2 Å². The van der Waals surface area contributed by atoms with Crippen LogP contribution in [0.5, 0.6) is 0 Å². The van der Waals surface area contributed by atoms with Gasteiger partial charge in [0.1, 0.15) is 11.4 Å². The highest BCUT2D eigenvalue weighted by molar-refractivity contribution is 7.93. The molecular weight excluding hydrogens is 448 g/mol. The Morgan fingerprint density at radius 3 is 1.93 bits per heavy atom. The number of aliphatic hydroxyl groups is 1. The zero-order chi connectivity index (χ0) is 22.3. The lowest BCUT2D eigenvalue weighted by Gasteiger charge is -2.29. The molecule has 0 spiro atoms. The van der Waals surface area contributed by atoms with Gasteiger partial charge in [0.25, 0.3) is 10.0 Å². The normalized spacial score (nSPS) is 15.1. The molecule has 160 valence electrons. The third-order valence-corrected chi connectivity index (χ3v) is 6.27. The molecule has 1 atom stereocenters. The van der Waals surface area contributed by atoms with Gasteiger partial charge in [0.2, 0.25) is 0 Å². The Hall–Kier alpha value is -1.98. The number of anilines is 1. The van der Waals surface area contributed by atoms with E-state index in [1.54, 1.807) is 0 Å². The molecule has 4 nitrogen and oxygen atoms in total. The Bertz CT molecular complexity index is 972. The molecule has 2 aromatic carbocycles. The van der Waals surface area contributed by atoms with Crippen molar-refractivity contribution in [2.45, 2.75) is 29.8 Å². The lowest BCUT2D eigenvalue weighted by molar-refractivity contribution is -0.258. The first-order chi connectivity index (χ1) is 13.1. The molecule has 0 aliphatic heterocycles. The molecule has 12 heteroatoms. The summed E-state index contributed by atoms with van der Waals surface area (Å²) in [7, 11) is -4.80. The lowest BCUT2D eigenvalue weighted by Crippen LogP contribution is -2.40. The number of halogens is 7. The van der Waals surface area contributed by atoms with Gasteiger partial charge in [0.15, 0.2) is 5.60 Å². The van der Waals surface area contributed by atoms with Crippen LogP contribution in [0.25, 0.3) is 0 Å². The molecule has 0 fully saturated rings. The second kappa shape index (κ2) is 7.69. The highest BCUT2D eigenvalue weighted by Crippen LogP contribution is 2.39. The van der Waals surface area contributed by atoms with Crippen LogP contribution in [0.2, 0.25) is 5.02 Å². The van der Waals surface area contributed by atoms with Crippen LogP contribution in [0.1, 0.15) is 12.5 Å². The second-order valence-electron chi connectivity index (χ2n) is 6.17. The molecule has 2 aromatic rings. The summed E-state index contributed by atoms with van der Waals surface area (Å²) in [6.07, 6.45) is -10.0. The maximum atomic E-state index is 13.0. The van der Waals surface area contributed by atoms with Crippen LogP contribution < -0.4 is 4.31 Å². The highest BCUT2D eigenvalue weighted by atomic mass is 35.5. The maximum Gasteiger partial charge on any atom is 0.421 e. The predicted molar refractivity (Wildman–Crippen MR) is 94.1 cm³/mol. The van der Waals surface area contributed by atoms with Crippen molar-refractivity contribution in [2.75, 3.05) is 10.8 Å². The van der Waals surface area contributed by atoms with Crippen molar-refractivity contribution in [2.24, 2.45) is 0 Å². The third kappa shape index (κ3) is 4.96. The summed E-state index contributed by atoms with van der Waals surface area (Å²) in [4.78, 5) is -0.600. The van der Waals surface area contributed by atoms with Gasteiger partial charge in [0, 0.05) is 0 Å². The Balaban J connectivity index is 2.56. The zero-order valence-corrected chi connectivity index (χ0v) is 16.2. The lowest BCUT2D eigenvalue weighted by atomic mass is 9.95. The summed E-state index contributed by atoms with van der Waals surface area (Å²) in [5, 5.41) is 9.34. The maximum absolute atomic E-state index is 13.0. The molecule has 0 heterocycles. The topological polar surface area (TPSA) is 57.6 Å². The van der Waals surface area contributed by atoms with Crippen LogP contribution in [0.15, 0.2) is 53.4 Å². The van der Waals surface area contributed by atoms with E-state index in [9.17, 15) is 39.9 Å². The van der Waals surface area contributed by atoms with Crippen molar-refractivity contribution in [1.82, 2.24) is 0 Å². The van der Waals surface area contributed by atoms with Gasteiger partial charge in [0.05, 0.1) is 10.7 Å². The smallest absolute Gasteiger partial charge is 0.376 e. The molecular formula is C17H14ClF6NO3S. The van der Waals surface area contributed by atoms with Crippen molar-refractivity contribution in [1.29, 1.82) is 0 Å². The van der Waals surface area contributed by atoms with E-state index in [-0.39, 0.29) is 9.33 Å². The van der Waals surface area contributed by atoms with Gasteiger partial charge in [-0.15, -0.1) is 0 Å². The Morgan fingerprint density at radius 2 is 1.48 bits per heavy atom. The number of rotatable bonds is 5. The van der Waals surface area contributed by atoms with Gasteiger partial charge in [-0.1, -0.05) is 35.9 Å². The first-order valence-electron chi connectivity index (χ1n) is 7.81. The Kier molecular flexibility index (Phi) is 6.18. The largest absolute Gasteiger partial charge is 0.421 e. The Labute approximate surface area is 167 Å². The SMILES string of the molecule is CC(O)(c1ccc(N(CC(F)(F)F)S(=O)(=O)c2ccccc2Cl)cc1)C(F)(F)F. The molecule has 0 aliphatic rings. The van der Waals surface area contributed by atoms with Gasteiger partial charge in [-0.25, -0.2) is 8.42 Å². The number of sulfonamides is 1. The average molecular weight is 462 g/mol. The molecule has 0 bridgehead atoms. The fourth-order valence-corrected chi connectivity index (χ4v) is 4.31. The fraction of sp³-hybridized carbons (Fsp3) is 0.294. The molecule has 2 rings (SSSR count). The van der Waals surface area contributed by atoms with Crippen LogP contribution in [-0.2, 0) is 15.6 Å². The quantitative estimate of drug-likeness (QED) is 0.646. The average Bonchev–Trinajstić information content (AvgIpc) is 2.58. The predicted octanol–water partition coefficient (Wildman–Crippen LogP) is 4.87. The van der Waals surface area contributed by atoms with E-state index in [0.29, 0.717) is 19.1 Å². The standard InChI is InChI=1S/C17H14ClF6NO3S/c1-15(26,17(22,23)24)11-6-8-12(9-7-11)25(10-16(19,20)21)29(27,28)14-5-3-2-4-13(14)18/h2-9,26H,10H2,1H3. The number of benzene rings is 2. The van der Waals surface area contributed by atoms with Crippen LogP contribution in [-0.4, -0.2) is 32.4 Å². The van der Waals surface area contributed by atoms with Crippen molar-refractivity contribution in [3.8, 4) is 0 Å². The summed E-state index contributed by atoms with van der Waals surface area (Å²) >= 11 is 5.80. The van der Waals surface area contributed by atoms with Gasteiger partial charge < -0.3 is 5.11 Å². The zero-order valence-electron chi connectivity index (χ0n) is 14.6. The third-order valence-electron chi connectivity index (χ3n) is 4.00. The number of hydrogen-bond acceptors (Lipinski definition) is 3. The minimum atomic E-state index is -5.05. The van der Waals surface area contributed by atoms with Crippen LogP contribution in [0.4, 0.5) is 32.0 Å². The van der Waals surface area contributed by atoms with E-state index in [2.05, 4.69) is 0 Å². The van der Waals surface area contributed by atoms with Crippen molar-refractivity contribution >= 4 is 27.3 Å². The van der Waals surface area contributed by atoms with Crippen molar-refractivity contribution in [3.63, 3.8) is 0 Å².